The first-order valence-corrected chi connectivity index (χ1v) is 10.9. The normalized spacial score (nSPS) is 14.2. The molecule has 0 unspecified atom stereocenters. The van der Waals surface area contributed by atoms with Gasteiger partial charge in [-0.05, 0) is 43.2 Å². The number of hydrogen-bond acceptors (Lipinski definition) is 5. The Kier molecular flexibility index (Phi) is 6.75. The summed E-state index contributed by atoms with van der Waals surface area (Å²) in [5.41, 5.74) is 1.35. The highest BCUT2D eigenvalue weighted by Gasteiger charge is 2.26. The van der Waals surface area contributed by atoms with E-state index in [0.29, 0.717) is 36.2 Å². The lowest BCUT2D eigenvalue weighted by Crippen LogP contribution is -2.41. The third kappa shape index (κ3) is 4.94. The average molecular weight is 453 g/mol. The van der Waals surface area contributed by atoms with Gasteiger partial charge in [0.15, 0.2) is 0 Å². The first kappa shape index (κ1) is 21.9. The highest BCUT2D eigenvalue weighted by Crippen LogP contribution is 2.23. The highest BCUT2D eigenvalue weighted by atomic mass is 35.5. The second-order valence-electron chi connectivity index (χ2n) is 7.71. The summed E-state index contributed by atoms with van der Waals surface area (Å²) in [6.45, 7) is 1.82. The zero-order valence-corrected chi connectivity index (χ0v) is 18.6. The molecule has 1 N–H and O–H groups in total. The summed E-state index contributed by atoms with van der Waals surface area (Å²) < 4.78 is 6.70. The highest BCUT2D eigenvalue weighted by molar-refractivity contribution is 6.30. The van der Waals surface area contributed by atoms with Crippen LogP contribution < -0.4 is 20.5 Å². The van der Waals surface area contributed by atoms with Crippen LogP contribution in [0.1, 0.15) is 18.4 Å². The van der Waals surface area contributed by atoms with Crippen LogP contribution in [0.3, 0.4) is 0 Å². The molecular weight excluding hydrogens is 428 g/mol. The number of ether oxygens (including phenoxy) is 1. The van der Waals surface area contributed by atoms with Crippen LogP contribution in [0, 0.1) is 5.92 Å². The van der Waals surface area contributed by atoms with Gasteiger partial charge < -0.3 is 15.0 Å². The maximum absolute atomic E-state index is 12.7. The summed E-state index contributed by atoms with van der Waals surface area (Å²) in [7, 11) is 1.62. The van der Waals surface area contributed by atoms with E-state index in [1.165, 1.54) is 10.7 Å². The maximum atomic E-state index is 12.7. The van der Waals surface area contributed by atoms with Crippen molar-refractivity contribution in [2.75, 3.05) is 25.1 Å². The Labute approximate surface area is 191 Å². The number of para-hydroxylation sites is 1. The molecule has 3 aromatic rings. The minimum Gasteiger partial charge on any atom is -0.496 e. The van der Waals surface area contributed by atoms with Crippen molar-refractivity contribution in [2.24, 2.45) is 5.92 Å². The molecule has 0 radical (unpaired) electrons. The zero-order valence-electron chi connectivity index (χ0n) is 17.8. The third-order valence-corrected chi connectivity index (χ3v) is 5.91. The number of nitrogens with zero attached hydrogens (tertiary/aromatic N) is 3. The molecule has 0 bridgehead atoms. The van der Waals surface area contributed by atoms with Gasteiger partial charge in [-0.1, -0.05) is 35.9 Å². The predicted octanol–water partition coefficient (Wildman–Crippen LogP) is 3.43. The molecule has 8 heteroatoms. The van der Waals surface area contributed by atoms with E-state index in [0.717, 1.165) is 24.2 Å². The number of aromatic nitrogens is 2. The van der Waals surface area contributed by atoms with Crippen molar-refractivity contribution in [1.29, 1.82) is 0 Å². The summed E-state index contributed by atoms with van der Waals surface area (Å²) in [4.78, 5) is 27.1. The van der Waals surface area contributed by atoms with Crippen molar-refractivity contribution in [3.8, 4) is 11.4 Å². The molecule has 1 fully saturated rings. The van der Waals surface area contributed by atoms with Crippen LogP contribution in [0.25, 0.3) is 5.69 Å². The standard InChI is InChI=1S/C24H25ClN4O3/c1-32-21-8-3-2-5-18(21)16-26-24(31)17-11-13-28(14-12-17)22-9-10-23(30)29(27-22)20-7-4-6-19(25)15-20/h2-10,15,17H,11-14,16H2,1H3,(H,26,31). The van der Waals surface area contributed by atoms with E-state index in [9.17, 15) is 9.59 Å². The average Bonchev–Trinajstić information content (AvgIpc) is 2.83. The minimum absolute atomic E-state index is 0.0485. The molecule has 7 nitrogen and oxygen atoms in total. The van der Waals surface area contributed by atoms with Crippen LogP contribution in [0.15, 0.2) is 65.5 Å². The Hall–Kier alpha value is -3.32. The second kappa shape index (κ2) is 9.87. The number of benzene rings is 2. The van der Waals surface area contributed by atoms with Crippen molar-refractivity contribution in [1.82, 2.24) is 15.1 Å². The third-order valence-electron chi connectivity index (χ3n) is 5.67. The quantitative estimate of drug-likeness (QED) is 0.620. The van der Waals surface area contributed by atoms with Crippen LogP contribution in [0.4, 0.5) is 5.82 Å². The number of carbonyl (C=O) groups is 1. The van der Waals surface area contributed by atoms with Crippen LogP contribution in [0.5, 0.6) is 5.75 Å². The van der Waals surface area contributed by atoms with Crippen LogP contribution >= 0.6 is 11.6 Å². The maximum Gasteiger partial charge on any atom is 0.271 e. The molecule has 1 aromatic heterocycles. The van der Waals surface area contributed by atoms with Crippen LogP contribution in [-0.4, -0.2) is 35.9 Å². The van der Waals surface area contributed by atoms with Gasteiger partial charge in [-0.3, -0.25) is 9.59 Å². The molecule has 1 aliphatic heterocycles. The van der Waals surface area contributed by atoms with Gasteiger partial charge in [0, 0.05) is 42.2 Å². The van der Waals surface area contributed by atoms with E-state index < -0.39 is 0 Å². The number of amides is 1. The van der Waals surface area contributed by atoms with Crippen molar-refractivity contribution >= 4 is 23.3 Å². The molecule has 0 spiro atoms. The minimum atomic E-state index is -0.221. The number of rotatable bonds is 6. The van der Waals surface area contributed by atoms with Crippen molar-refractivity contribution in [3.05, 3.63) is 81.6 Å². The molecule has 0 aliphatic carbocycles. The molecular formula is C24H25ClN4O3. The van der Waals surface area contributed by atoms with Crippen LogP contribution in [-0.2, 0) is 11.3 Å². The fraction of sp³-hybridized carbons (Fsp3) is 0.292. The molecule has 166 valence electrons. The van der Waals surface area contributed by atoms with Gasteiger partial charge >= 0.3 is 0 Å². The SMILES string of the molecule is COc1ccccc1CNC(=O)C1CCN(c2ccc(=O)n(-c3cccc(Cl)c3)n2)CC1. The van der Waals surface area contributed by atoms with Crippen molar-refractivity contribution in [3.63, 3.8) is 0 Å². The molecule has 1 aliphatic rings. The van der Waals surface area contributed by atoms with Crippen molar-refractivity contribution < 1.29 is 9.53 Å². The largest absolute Gasteiger partial charge is 0.496 e. The number of nitrogens with one attached hydrogen (secondary N) is 1. The van der Waals surface area contributed by atoms with Gasteiger partial charge in [-0.2, -0.15) is 4.68 Å². The van der Waals surface area contributed by atoms with Gasteiger partial charge in [0.2, 0.25) is 5.91 Å². The van der Waals surface area contributed by atoms with Gasteiger partial charge in [-0.25, -0.2) is 0 Å². The number of halogens is 1. The fourth-order valence-electron chi connectivity index (χ4n) is 3.91. The number of carbonyl (C=O) groups excluding carboxylic acids is 1. The summed E-state index contributed by atoms with van der Waals surface area (Å²) in [5.74, 6) is 1.47. The molecule has 1 saturated heterocycles. The second-order valence-corrected chi connectivity index (χ2v) is 8.15. The predicted molar refractivity (Wildman–Crippen MR) is 125 cm³/mol. The van der Waals surface area contributed by atoms with E-state index in [1.54, 1.807) is 37.4 Å². The number of anilines is 1. The van der Waals surface area contributed by atoms with Gasteiger partial charge in [0.1, 0.15) is 11.6 Å². The Bertz CT molecular complexity index is 1160. The zero-order chi connectivity index (χ0) is 22.5. The van der Waals surface area contributed by atoms with E-state index in [4.69, 9.17) is 16.3 Å². The lowest BCUT2D eigenvalue weighted by Gasteiger charge is -2.32. The Balaban J connectivity index is 1.38. The Morgan fingerprint density at radius 3 is 2.66 bits per heavy atom. The van der Waals surface area contributed by atoms with Crippen LogP contribution in [0.2, 0.25) is 5.02 Å². The number of methoxy groups -OCH3 is 1. The van der Waals surface area contributed by atoms with Gasteiger partial charge in [-0.15, -0.1) is 5.10 Å². The van der Waals surface area contributed by atoms with Crippen molar-refractivity contribution in [2.45, 2.75) is 19.4 Å². The van der Waals surface area contributed by atoms with Gasteiger partial charge in [0.05, 0.1) is 12.8 Å². The smallest absolute Gasteiger partial charge is 0.271 e. The molecule has 0 saturated carbocycles. The topological polar surface area (TPSA) is 76.5 Å². The van der Waals surface area contributed by atoms with E-state index in [2.05, 4.69) is 15.3 Å². The van der Waals surface area contributed by atoms with E-state index in [1.807, 2.05) is 24.3 Å². The molecule has 32 heavy (non-hydrogen) atoms. The number of piperidine rings is 1. The molecule has 4 rings (SSSR count). The van der Waals surface area contributed by atoms with E-state index >= 15 is 0 Å². The summed E-state index contributed by atoms with van der Waals surface area (Å²) in [6, 6.07) is 17.9. The molecule has 2 aromatic carbocycles. The molecule has 0 atom stereocenters. The fourth-order valence-corrected chi connectivity index (χ4v) is 4.09. The molecule has 1 amide bonds. The Morgan fingerprint density at radius 2 is 1.91 bits per heavy atom. The lowest BCUT2D eigenvalue weighted by atomic mass is 9.96. The summed E-state index contributed by atoms with van der Waals surface area (Å²) in [5, 5.41) is 8.10. The lowest BCUT2D eigenvalue weighted by molar-refractivity contribution is -0.125. The van der Waals surface area contributed by atoms with Gasteiger partial charge in [0.25, 0.3) is 5.56 Å². The van der Waals surface area contributed by atoms with E-state index in [-0.39, 0.29) is 17.4 Å². The first-order chi connectivity index (χ1) is 15.5. The summed E-state index contributed by atoms with van der Waals surface area (Å²) >= 11 is 6.06. The number of hydrogen-bond donors (Lipinski definition) is 1. The molecule has 2 heterocycles. The Morgan fingerprint density at radius 1 is 1.12 bits per heavy atom. The summed E-state index contributed by atoms with van der Waals surface area (Å²) in [6.07, 6.45) is 1.44. The monoisotopic (exact) mass is 452 g/mol. The first-order valence-electron chi connectivity index (χ1n) is 10.6.